The SMILES string of the molecule is Cc1cc(C)c(NC(=O)C(C)(C)C)c2c1CCN2C1CCCC1. The van der Waals surface area contributed by atoms with Crippen molar-refractivity contribution in [2.24, 2.45) is 5.41 Å². The monoisotopic (exact) mass is 314 g/mol. The molecular weight excluding hydrogens is 284 g/mol. The fraction of sp³-hybridized carbons (Fsp3) is 0.650. The van der Waals surface area contributed by atoms with Crippen molar-refractivity contribution in [3.63, 3.8) is 0 Å². The molecule has 2 aliphatic rings. The van der Waals surface area contributed by atoms with Gasteiger partial charge < -0.3 is 10.2 Å². The van der Waals surface area contributed by atoms with Gasteiger partial charge in [0.15, 0.2) is 0 Å². The van der Waals surface area contributed by atoms with E-state index in [1.54, 1.807) is 0 Å². The highest BCUT2D eigenvalue weighted by molar-refractivity contribution is 5.99. The maximum absolute atomic E-state index is 12.6. The van der Waals surface area contributed by atoms with Crippen LogP contribution in [0.1, 0.15) is 63.1 Å². The Morgan fingerprint density at radius 3 is 2.43 bits per heavy atom. The first-order valence-corrected chi connectivity index (χ1v) is 9.00. The van der Waals surface area contributed by atoms with Gasteiger partial charge in [-0.3, -0.25) is 4.79 Å². The maximum Gasteiger partial charge on any atom is 0.229 e. The minimum Gasteiger partial charge on any atom is -0.366 e. The molecule has 3 rings (SSSR count). The molecule has 0 radical (unpaired) electrons. The molecule has 0 atom stereocenters. The van der Waals surface area contributed by atoms with Crippen LogP contribution in [0.2, 0.25) is 0 Å². The smallest absolute Gasteiger partial charge is 0.229 e. The van der Waals surface area contributed by atoms with E-state index in [2.05, 4.69) is 30.1 Å². The summed E-state index contributed by atoms with van der Waals surface area (Å²) in [6.07, 6.45) is 6.37. The highest BCUT2D eigenvalue weighted by Crippen LogP contribution is 2.43. The molecule has 1 N–H and O–H groups in total. The molecule has 0 unspecified atom stereocenters. The summed E-state index contributed by atoms with van der Waals surface area (Å²) in [7, 11) is 0. The fourth-order valence-corrected chi connectivity index (χ4v) is 4.02. The summed E-state index contributed by atoms with van der Waals surface area (Å²) >= 11 is 0. The van der Waals surface area contributed by atoms with E-state index in [4.69, 9.17) is 0 Å². The number of benzene rings is 1. The lowest BCUT2D eigenvalue weighted by Crippen LogP contribution is -2.33. The van der Waals surface area contributed by atoms with Gasteiger partial charge >= 0.3 is 0 Å². The average molecular weight is 314 g/mol. The number of rotatable bonds is 2. The van der Waals surface area contributed by atoms with Crippen molar-refractivity contribution in [3.8, 4) is 0 Å². The number of nitrogens with one attached hydrogen (secondary N) is 1. The second-order valence-electron chi connectivity index (χ2n) is 8.30. The molecule has 1 aromatic rings. The third-order valence-electron chi connectivity index (χ3n) is 5.40. The van der Waals surface area contributed by atoms with Crippen molar-refractivity contribution in [1.82, 2.24) is 0 Å². The van der Waals surface area contributed by atoms with Crippen LogP contribution in [0.3, 0.4) is 0 Å². The lowest BCUT2D eigenvalue weighted by Gasteiger charge is -2.30. The van der Waals surface area contributed by atoms with E-state index in [1.165, 1.54) is 48.1 Å². The Kier molecular flexibility index (Phi) is 4.16. The Labute approximate surface area is 140 Å². The van der Waals surface area contributed by atoms with Crippen LogP contribution in [-0.2, 0) is 11.2 Å². The topological polar surface area (TPSA) is 32.3 Å². The third-order valence-corrected chi connectivity index (χ3v) is 5.40. The highest BCUT2D eigenvalue weighted by Gasteiger charge is 2.33. The summed E-state index contributed by atoms with van der Waals surface area (Å²) in [5.74, 6) is 0.102. The number of nitrogens with zero attached hydrogens (tertiary/aromatic N) is 1. The van der Waals surface area contributed by atoms with Gasteiger partial charge in [0, 0.05) is 18.0 Å². The highest BCUT2D eigenvalue weighted by atomic mass is 16.2. The van der Waals surface area contributed by atoms with Gasteiger partial charge in [0.2, 0.25) is 5.91 Å². The van der Waals surface area contributed by atoms with Crippen LogP contribution in [0.5, 0.6) is 0 Å². The molecule has 1 saturated carbocycles. The van der Waals surface area contributed by atoms with Gasteiger partial charge in [0.1, 0.15) is 0 Å². The first-order valence-electron chi connectivity index (χ1n) is 9.00. The van der Waals surface area contributed by atoms with Crippen molar-refractivity contribution < 1.29 is 4.79 Å². The molecule has 0 spiro atoms. The van der Waals surface area contributed by atoms with Gasteiger partial charge in [0.25, 0.3) is 0 Å². The summed E-state index contributed by atoms with van der Waals surface area (Å²) in [6.45, 7) is 11.3. The Morgan fingerprint density at radius 1 is 1.17 bits per heavy atom. The van der Waals surface area contributed by atoms with Crippen LogP contribution >= 0.6 is 0 Å². The summed E-state index contributed by atoms with van der Waals surface area (Å²) in [4.78, 5) is 15.2. The van der Waals surface area contributed by atoms with E-state index >= 15 is 0 Å². The second-order valence-corrected chi connectivity index (χ2v) is 8.30. The molecular formula is C20H30N2O. The number of fused-ring (bicyclic) bond motifs is 1. The molecule has 0 saturated heterocycles. The van der Waals surface area contributed by atoms with Crippen molar-refractivity contribution in [2.75, 3.05) is 16.8 Å². The molecule has 0 aromatic heterocycles. The summed E-state index contributed by atoms with van der Waals surface area (Å²) in [5, 5.41) is 3.25. The van der Waals surface area contributed by atoms with Crippen LogP contribution in [-0.4, -0.2) is 18.5 Å². The number of carbonyl (C=O) groups is 1. The van der Waals surface area contributed by atoms with E-state index < -0.39 is 0 Å². The van der Waals surface area contributed by atoms with Crippen LogP contribution in [0.15, 0.2) is 6.07 Å². The minimum absolute atomic E-state index is 0.102. The molecule has 1 heterocycles. The minimum atomic E-state index is -0.374. The number of amides is 1. The van der Waals surface area contributed by atoms with Gasteiger partial charge in [0.05, 0.1) is 11.4 Å². The largest absolute Gasteiger partial charge is 0.366 e. The van der Waals surface area contributed by atoms with E-state index in [9.17, 15) is 4.79 Å². The normalized spacial score (nSPS) is 18.4. The zero-order chi connectivity index (χ0) is 16.8. The van der Waals surface area contributed by atoms with Gasteiger partial charge in [-0.05, 0) is 49.8 Å². The van der Waals surface area contributed by atoms with E-state index in [1.807, 2.05) is 20.8 Å². The quantitative estimate of drug-likeness (QED) is 0.865. The molecule has 1 aromatic carbocycles. The summed E-state index contributed by atoms with van der Waals surface area (Å²) in [5.41, 5.74) is 5.98. The molecule has 0 bridgehead atoms. The first-order chi connectivity index (χ1) is 10.8. The van der Waals surface area contributed by atoms with Gasteiger partial charge in [-0.2, -0.15) is 0 Å². The Bertz CT molecular complexity index is 622. The van der Waals surface area contributed by atoms with Gasteiger partial charge in [-0.1, -0.05) is 39.7 Å². The van der Waals surface area contributed by atoms with Crippen molar-refractivity contribution in [2.45, 2.75) is 72.8 Å². The summed E-state index contributed by atoms with van der Waals surface area (Å²) in [6, 6.07) is 2.89. The summed E-state index contributed by atoms with van der Waals surface area (Å²) < 4.78 is 0. The molecule has 1 amide bonds. The van der Waals surface area contributed by atoms with Crippen molar-refractivity contribution in [1.29, 1.82) is 0 Å². The van der Waals surface area contributed by atoms with E-state index in [0.29, 0.717) is 6.04 Å². The second kappa shape index (κ2) is 5.85. The van der Waals surface area contributed by atoms with E-state index in [0.717, 1.165) is 18.7 Å². The molecule has 1 fully saturated rings. The molecule has 1 aliphatic carbocycles. The number of anilines is 2. The molecule has 23 heavy (non-hydrogen) atoms. The fourth-order valence-electron chi connectivity index (χ4n) is 4.02. The average Bonchev–Trinajstić information content (AvgIpc) is 3.10. The Balaban J connectivity index is 2.02. The van der Waals surface area contributed by atoms with Gasteiger partial charge in [-0.15, -0.1) is 0 Å². The third kappa shape index (κ3) is 2.98. The number of carbonyl (C=O) groups excluding carboxylic acids is 1. The predicted molar refractivity (Wildman–Crippen MR) is 97.3 cm³/mol. The first kappa shape index (κ1) is 16.4. The number of aryl methyl sites for hydroxylation is 2. The van der Waals surface area contributed by atoms with E-state index in [-0.39, 0.29) is 11.3 Å². The van der Waals surface area contributed by atoms with Crippen LogP contribution in [0.4, 0.5) is 11.4 Å². The van der Waals surface area contributed by atoms with Crippen LogP contribution in [0, 0.1) is 19.3 Å². The lowest BCUT2D eigenvalue weighted by molar-refractivity contribution is -0.123. The van der Waals surface area contributed by atoms with Gasteiger partial charge in [-0.25, -0.2) is 0 Å². The zero-order valence-corrected chi connectivity index (χ0v) is 15.3. The molecule has 1 aliphatic heterocycles. The molecule has 3 heteroatoms. The van der Waals surface area contributed by atoms with Crippen molar-refractivity contribution in [3.05, 3.63) is 22.8 Å². The Morgan fingerprint density at radius 2 is 1.83 bits per heavy atom. The van der Waals surface area contributed by atoms with Crippen LogP contribution < -0.4 is 10.2 Å². The standard InChI is InChI=1S/C20H30N2O/c1-13-12-14(2)17(21-19(23)20(3,4)5)18-16(13)10-11-22(18)15-8-6-7-9-15/h12,15H,6-11H2,1-5H3,(H,21,23). The zero-order valence-electron chi connectivity index (χ0n) is 15.3. The number of hydrogen-bond acceptors (Lipinski definition) is 2. The molecule has 126 valence electrons. The maximum atomic E-state index is 12.6. The molecule has 3 nitrogen and oxygen atoms in total. The van der Waals surface area contributed by atoms with Crippen molar-refractivity contribution >= 4 is 17.3 Å². The lowest BCUT2D eigenvalue weighted by atomic mass is 9.94. The van der Waals surface area contributed by atoms with Crippen LogP contribution in [0.25, 0.3) is 0 Å². The predicted octanol–water partition coefficient (Wildman–Crippen LogP) is 4.59. The Hall–Kier alpha value is -1.51. The number of hydrogen-bond donors (Lipinski definition) is 1.